The lowest BCUT2D eigenvalue weighted by Gasteiger charge is -2.15. The van der Waals surface area contributed by atoms with Crippen molar-refractivity contribution in [2.45, 2.75) is 24.2 Å². The zero-order valence-electron chi connectivity index (χ0n) is 10.1. The molecule has 0 amide bonds. The van der Waals surface area contributed by atoms with Crippen molar-refractivity contribution in [3.05, 3.63) is 29.3 Å². The number of Topliss-reactive ketones (excluding diaryl/α,β-unsaturated/α-hetero) is 1. The topological polar surface area (TPSA) is 38.7 Å². The number of aryl methyl sites for hydroxylation is 1. The molecule has 2 aliphatic rings. The van der Waals surface area contributed by atoms with Crippen LogP contribution in [0.3, 0.4) is 0 Å². The molecule has 3 rings (SSSR count). The summed E-state index contributed by atoms with van der Waals surface area (Å²) in [5.74, 6) is 1.88. The number of aliphatic imine (C=N–C) groups is 1. The van der Waals surface area contributed by atoms with Gasteiger partial charge in [0.1, 0.15) is 6.61 Å². The van der Waals surface area contributed by atoms with Crippen molar-refractivity contribution in [2.24, 2.45) is 4.99 Å². The lowest BCUT2D eigenvalue weighted by atomic mass is 10.0. The average Bonchev–Trinajstić information content (AvgIpc) is 2.91. The zero-order chi connectivity index (χ0) is 12.4. The van der Waals surface area contributed by atoms with Gasteiger partial charge in [0.15, 0.2) is 11.7 Å². The first-order chi connectivity index (χ1) is 8.83. The maximum atomic E-state index is 12.1. The summed E-state index contributed by atoms with van der Waals surface area (Å²) in [6.07, 6.45) is 2.58. The van der Waals surface area contributed by atoms with Crippen LogP contribution < -0.4 is 0 Å². The molecule has 94 valence electrons. The maximum Gasteiger partial charge on any atom is 0.191 e. The van der Waals surface area contributed by atoms with E-state index < -0.39 is 0 Å². The van der Waals surface area contributed by atoms with Crippen molar-refractivity contribution in [1.29, 1.82) is 0 Å². The standard InChI is InChI=1S/C14H15NO2S/c16-12(9-14-15-5-6-17-14)10-3-4-13-11(8-10)2-1-7-18-13/h3-4,8H,1-2,5-7,9H2. The van der Waals surface area contributed by atoms with Gasteiger partial charge in [-0.05, 0) is 36.3 Å². The molecule has 0 atom stereocenters. The number of ether oxygens (including phenoxy) is 1. The summed E-state index contributed by atoms with van der Waals surface area (Å²) in [6.45, 7) is 1.30. The molecule has 4 heteroatoms. The molecule has 0 aliphatic carbocycles. The monoisotopic (exact) mass is 261 g/mol. The predicted molar refractivity (Wildman–Crippen MR) is 72.7 cm³/mol. The van der Waals surface area contributed by atoms with Gasteiger partial charge in [0.05, 0.1) is 13.0 Å². The second-order valence-electron chi connectivity index (χ2n) is 4.50. The molecule has 0 spiro atoms. The first-order valence-corrected chi connectivity index (χ1v) is 7.26. The minimum Gasteiger partial charge on any atom is -0.479 e. The number of carbonyl (C=O) groups is 1. The average molecular weight is 261 g/mol. The highest BCUT2D eigenvalue weighted by molar-refractivity contribution is 7.99. The highest BCUT2D eigenvalue weighted by atomic mass is 32.2. The lowest BCUT2D eigenvalue weighted by molar-refractivity contribution is 0.0994. The Morgan fingerprint density at radius 1 is 1.44 bits per heavy atom. The van der Waals surface area contributed by atoms with Gasteiger partial charge in [-0.25, -0.2) is 0 Å². The molecule has 0 saturated heterocycles. The van der Waals surface area contributed by atoms with Gasteiger partial charge in [-0.3, -0.25) is 9.79 Å². The van der Waals surface area contributed by atoms with Crippen LogP contribution in [0.1, 0.15) is 28.8 Å². The van der Waals surface area contributed by atoms with E-state index in [9.17, 15) is 4.79 Å². The van der Waals surface area contributed by atoms with Gasteiger partial charge in [-0.2, -0.15) is 0 Å². The summed E-state index contributed by atoms with van der Waals surface area (Å²) in [5, 5.41) is 0. The van der Waals surface area contributed by atoms with E-state index in [4.69, 9.17) is 4.74 Å². The Bertz CT molecular complexity index is 511. The van der Waals surface area contributed by atoms with E-state index >= 15 is 0 Å². The third-order valence-electron chi connectivity index (χ3n) is 3.19. The lowest BCUT2D eigenvalue weighted by Crippen LogP contribution is -2.09. The highest BCUT2D eigenvalue weighted by Gasteiger charge is 2.17. The van der Waals surface area contributed by atoms with E-state index in [0.29, 0.717) is 25.5 Å². The van der Waals surface area contributed by atoms with Crippen LogP contribution in [0.15, 0.2) is 28.1 Å². The van der Waals surface area contributed by atoms with Crippen LogP contribution in [0.25, 0.3) is 0 Å². The number of ketones is 1. The second kappa shape index (κ2) is 5.14. The maximum absolute atomic E-state index is 12.1. The van der Waals surface area contributed by atoms with E-state index in [0.717, 1.165) is 12.0 Å². The number of carbonyl (C=O) groups excluding carboxylic acids is 1. The van der Waals surface area contributed by atoms with Gasteiger partial charge in [-0.15, -0.1) is 11.8 Å². The Morgan fingerprint density at radius 2 is 2.39 bits per heavy atom. The third-order valence-corrected chi connectivity index (χ3v) is 4.39. The van der Waals surface area contributed by atoms with Gasteiger partial charge in [-0.1, -0.05) is 6.07 Å². The number of nitrogens with zero attached hydrogens (tertiary/aromatic N) is 1. The summed E-state index contributed by atoms with van der Waals surface area (Å²) in [7, 11) is 0. The summed E-state index contributed by atoms with van der Waals surface area (Å²) < 4.78 is 5.28. The van der Waals surface area contributed by atoms with E-state index in [2.05, 4.69) is 11.1 Å². The number of hydrogen-bond donors (Lipinski definition) is 0. The molecule has 0 unspecified atom stereocenters. The zero-order valence-corrected chi connectivity index (χ0v) is 11.0. The van der Waals surface area contributed by atoms with Crippen LogP contribution in [0.4, 0.5) is 0 Å². The summed E-state index contributed by atoms with van der Waals surface area (Å²) in [5.41, 5.74) is 2.10. The highest BCUT2D eigenvalue weighted by Crippen LogP contribution is 2.30. The van der Waals surface area contributed by atoms with Crippen LogP contribution in [0.5, 0.6) is 0 Å². The largest absolute Gasteiger partial charge is 0.479 e. The molecule has 0 saturated carbocycles. The van der Waals surface area contributed by atoms with Crippen molar-refractivity contribution in [1.82, 2.24) is 0 Å². The third kappa shape index (κ3) is 2.43. The molecule has 0 aromatic heterocycles. The fourth-order valence-electron chi connectivity index (χ4n) is 2.26. The molecule has 3 nitrogen and oxygen atoms in total. The first-order valence-electron chi connectivity index (χ1n) is 6.28. The molecule has 2 aliphatic heterocycles. The van der Waals surface area contributed by atoms with E-state index in [-0.39, 0.29) is 5.78 Å². The van der Waals surface area contributed by atoms with Crippen LogP contribution >= 0.6 is 11.8 Å². The molecule has 1 aromatic rings. The Labute approximate surface area is 111 Å². The van der Waals surface area contributed by atoms with Crippen LogP contribution in [0, 0.1) is 0 Å². The van der Waals surface area contributed by atoms with Gasteiger partial charge < -0.3 is 4.74 Å². The van der Waals surface area contributed by atoms with Gasteiger partial charge >= 0.3 is 0 Å². The molecule has 0 fully saturated rings. The Balaban J connectivity index is 1.77. The number of benzene rings is 1. The van der Waals surface area contributed by atoms with Gasteiger partial charge in [0.25, 0.3) is 0 Å². The number of thioether (sulfide) groups is 1. The van der Waals surface area contributed by atoms with Crippen LogP contribution in [0.2, 0.25) is 0 Å². The van der Waals surface area contributed by atoms with Crippen LogP contribution in [-0.2, 0) is 11.2 Å². The molecule has 0 N–H and O–H groups in total. The SMILES string of the molecule is O=C(CC1=NCCO1)c1ccc2c(c1)CCCS2. The van der Waals surface area contributed by atoms with Crippen molar-refractivity contribution in [3.8, 4) is 0 Å². The summed E-state index contributed by atoms with van der Waals surface area (Å²) >= 11 is 1.88. The molecule has 18 heavy (non-hydrogen) atoms. The summed E-state index contributed by atoms with van der Waals surface area (Å²) in [4.78, 5) is 17.6. The number of rotatable bonds is 3. The molecule has 2 heterocycles. The normalized spacial score (nSPS) is 17.9. The van der Waals surface area contributed by atoms with Gasteiger partial charge in [0.2, 0.25) is 0 Å². The first kappa shape index (κ1) is 11.8. The Kier molecular flexibility index (Phi) is 3.37. The van der Waals surface area contributed by atoms with Crippen molar-refractivity contribution >= 4 is 23.4 Å². The molecule has 0 radical (unpaired) electrons. The minimum atomic E-state index is 0.106. The molecule has 1 aromatic carbocycles. The Morgan fingerprint density at radius 3 is 3.22 bits per heavy atom. The van der Waals surface area contributed by atoms with E-state index in [1.807, 2.05) is 23.9 Å². The second-order valence-corrected chi connectivity index (χ2v) is 5.64. The molecular weight excluding hydrogens is 246 g/mol. The fraction of sp³-hybridized carbons (Fsp3) is 0.429. The molecular formula is C14H15NO2S. The smallest absolute Gasteiger partial charge is 0.191 e. The van der Waals surface area contributed by atoms with Crippen molar-refractivity contribution < 1.29 is 9.53 Å². The van der Waals surface area contributed by atoms with E-state index in [1.165, 1.54) is 22.6 Å². The predicted octanol–water partition coefficient (Wildman–Crippen LogP) is 2.73. The van der Waals surface area contributed by atoms with Gasteiger partial charge in [0, 0.05) is 10.5 Å². The quantitative estimate of drug-likeness (QED) is 0.785. The number of fused-ring (bicyclic) bond motifs is 1. The fourth-order valence-corrected chi connectivity index (χ4v) is 3.28. The Hall–Kier alpha value is -1.29. The summed E-state index contributed by atoms with van der Waals surface area (Å²) in [6, 6.07) is 6.04. The van der Waals surface area contributed by atoms with Crippen molar-refractivity contribution in [3.63, 3.8) is 0 Å². The van der Waals surface area contributed by atoms with Crippen LogP contribution in [-0.4, -0.2) is 30.6 Å². The number of hydrogen-bond acceptors (Lipinski definition) is 4. The van der Waals surface area contributed by atoms with Crippen molar-refractivity contribution in [2.75, 3.05) is 18.9 Å². The van der Waals surface area contributed by atoms with E-state index in [1.54, 1.807) is 0 Å². The molecule has 0 bridgehead atoms. The minimum absolute atomic E-state index is 0.106.